The lowest BCUT2D eigenvalue weighted by molar-refractivity contribution is 0.0675. The summed E-state index contributed by atoms with van der Waals surface area (Å²) in [6, 6.07) is 1.66. The van der Waals surface area contributed by atoms with Crippen molar-refractivity contribution in [2.45, 2.75) is 18.9 Å². The van der Waals surface area contributed by atoms with Crippen molar-refractivity contribution in [2.24, 2.45) is 0 Å². The van der Waals surface area contributed by atoms with Crippen LogP contribution in [0.15, 0.2) is 18.5 Å². The van der Waals surface area contributed by atoms with E-state index in [1.165, 1.54) is 12.3 Å². The zero-order chi connectivity index (χ0) is 12.3. The molecule has 0 N–H and O–H groups in total. The Hall–Kier alpha value is -1.49. The molecule has 1 aromatic heterocycles. The van der Waals surface area contributed by atoms with Gasteiger partial charge in [0.25, 0.3) is 5.91 Å². The number of aromatic nitrogens is 1. The fourth-order valence-electron chi connectivity index (χ4n) is 1.73. The second-order valence-corrected chi connectivity index (χ2v) is 4.08. The van der Waals surface area contributed by atoms with Gasteiger partial charge in [-0.15, -0.1) is 0 Å². The van der Waals surface area contributed by atoms with Gasteiger partial charge < -0.3 is 9.64 Å². The average Bonchev–Trinajstić information content (AvgIpc) is 3.14. The van der Waals surface area contributed by atoms with Crippen LogP contribution in [0.2, 0.25) is 0 Å². The van der Waals surface area contributed by atoms with E-state index in [1.807, 2.05) is 0 Å². The average molecular weight is 238 g/mol. The summed E-state index contributed by atoms with van der Waals surface area (Å²) in [7, 11) is 1.59. The molecule has 1 fully saturated rings. The highest BCUT2D eigenvalue weighted by Gasteiger charge is 2.33. The van der Waals surface area contributed by atoms with Gasteiger partial charge >= 0.3 is 0 Å². The molecular formula is C12H15FN2O2. The van der Waals surface area contributed by atoms with Gasteiger partial charge in [-0.2, -0.15) is 0 Å². The van der Waals surface area contributed by atoms with Gasteiger partial charge in [-0.05, 0) is 18.9 Å². The summed E-state index contributed by atoms with van der Waals surface area (Å²) in [4.78, 5) is 17.5. The molecule has 1 heterocycles. The number of hydrogen-bond acceptors (Lipinski definition) is 3. The van der Waals surface area contributed by atoms with Gasteiger partial charge in [0.1, 0.15) is 0 Å². The number of halogens is 1. The zero-order valence-corrected chi connectivity index (χ0v) is 9.73. The minimum atomic E-state index is -0.569. The number of hydrogen-bond donors (Lipinski definition) is 0. The lowest BCUT2D eigenvalue weighted by Gasteiger charge is -2.22. The molecule has 0 saturated heterocycles. The number of ether oxygens (including phenoxy) is 1. The highest BCUT2D eigenvalue weighted by atomic mass is 19.1. The summed E-state index contributed by atoms with van der Waals surface area (Å²) >= 11 is 0. The van der Waals surface area contributed by atoms with Gasteiger partial charge in [0.05, 0.1) is 18.4 Å². The van der Waals surface area contributed by atoms with Crippen LogP contribution in [-0.2, 0) is 4.74 Å². The van der Waals surface area contributed by atoms with E-state index >= 15 is 0 Å². The first-order chi connectivity index (χ1) is 8.24. The molecule has 1 aliphatic carbocycles. The normalized spacial score (nSPS) is 14.7. The van der Waals surface area contributed by atoms with Crippen molar-refractivity contribution in [3.63, 3.8) is 0 Å². The monoisotopic (exact) mass is 238 g/mol. The van der Waals surface area contributed by atoms with E-state index in [-0.39, 0.29) is 17.5 Å². The van der Waals surface area contributed by atoms with Crippen LogP contribution < -0.4 is 0 Å². The Kier molecular flexibility index (Phi) is 3.68. The lowest BCUT2D eigenvalue weighted by Crippen LogP contribution is -2.36. The number of amides is 1. The van der Waals surface area contributed by atoms with Crippen LogP contribution in [0.4, 0.5) is 4.39 Å². The Morgan fingerprint density at radius 1 is 1.65 bits per heavy atom. The molecule has 5 heteroatoms. The molecule has 17 heavy (non-hydrogen) atoms. The maximum Gasteiger partial charge on any atom is 0.257 e. The number of methoxy groups -OCH3 is 1. The highest BCUT2D eigenvalue weighted by molar-refractivity contribution is 5.94. The summed E-state index contributed by atoms with van der Waals surface area (Å²) in [5.41, 5.74) is 0.0861. The number of carbonyl (C=O) groups is 1. The van der Waals surface area contributed by atoms with Crippen LogP contribution in [0.3, 0.4) is 0 Å². The van der Waals surface area contributed by atoms with Gasteiger partial charge in [0.15, 0.2) is 5.82 Å². The van der Waals surface area contributed by atoms with Gasteiger partial charge in [0, 0.05) is 25.9 Å². The maximum absolute atomic E-state index is 13.5. The minimum absolute atomic E-state index is 0.0861. The van der Waals surface area contributed by atoms with E-state index in [4.69, 9.17) is 4.74 Å². The van der Waals surface area contributed by atoms with E-state index in [1.54, 1.807) is 12.0 Å². The molecule has 1 aliphatic rings. The molecule has 1 saturated carbocycles. The smallest absolute Gasteiger partial charge is 0.257 e. The van der Waals surface area contributed by atoms with Crippen LogP contribution in [0.1, 0.15) is 23.2 Å². The molecule has 0 radical (unpaired) electrons. The molecule has 2 rings (SSSR count). The summed E-state index contributed by atoms with van der Waals surface area (Å²) in [5, 5.41) is 0. The Balaban J connectivity index is 2.13. The molecular weight excluding hydrogens is 223 g/mol. The second kappa shape index (κ2) is 5.23. The molecule has 0 spiro atoms. The minimum Gasteiger partial charge on any atom is -0.383 e. The van der Waals surface area contributed by atoms with Crippen molar-refractivity contribution < 1.29 is 13.9 Å². The van der Waals surface area contributed by atoms with Crippen LogP contribution in [0, 0.1) is 5.82 Å². The van der Waals surface area contributed by atoms with E-state index in [0.29, 0.717) is 13.2 Å². The van der Waals surface area contributed by atoms with E-state index in [9.17, 15) is 9.18 Å². The first kappa shape index (κ1) is 12.0. The third-order valence-electron chi connectivity index (χ3n) is 2.79. The summed E-state index contributed by atoms with van der Waals surface area (Å²) in [6.45, 7) is 0.969. The zero-order valence-electron chi connectivity index (χ0n) is 9.73. The Morgan fingerprint density at radius 3 is 3.00 bits per heavy atom. The van der Waals surface area contributed by atoms with E-state index in [2.05, 4.69) is 4.98 Å². The lowest BCUT2D eigenvalue weighted by atomic mass is 10.2. The molecule has 4 nitrogen and oxygen atoms in total. The Morgan fingerprint density at radius 2 is 2.41 bits per heavy atom. The van der Waals surface area contributed by atoms with Crippen molar-refractivity contribution in [1.29, 1.82) is 0 Å². The molecule has 1 aromatic rings. The van der Waals surface area contributed by atoms with E-state index < -0.39 is 5.82 Å². The standard InChI is InChI=1S/C12H15FN2O2/c1-17-7-6-15(9-2-3-9)12(16)10-4-5-14-8-11(10)13/h4-5,8-9H,2-3,6-7H2,1H3. The first-order valence-corrected chi connectivity index (χ1v) is 5.63. The third kappa shape index (κ3) is 2.79. The number of carbonyl (C=O) groups excluding carboxylic acids is 1. The van der Waals surface area contributed by atoms with Gasteiger partial charge in [0.2, 0.25) is 0 Å². The van der Waals surface area contributed by atoms with E-state index in [0.717, 1.165) is 19.0 Å². The number of pyridine rings is 1. The van der Waals surface area contributed by atoms with Crippen molar-refractivity contribution in [3.8, 4) is 0 Å². The van der Waals surface area contributed by atoms with Crippen LogP contribution in [-0.4, -0.2) is 42.1 Å². The quantitative estimate of drug-likeness (QED) is 0.780. The summed E-state index contributed by atoms with van der Waals surface area (Å²) in [6.07, 6.45) is 4.47. The maximum atomic E-state index is 13.5. The molecule has 92 valence electrons. The van der Waals surface area contributed by atoms with Gasteiger partial charge in [-0.1, -0.05) is 0 Å². The fraction of sp³-hybridized carbons (Fsp3) is 0.500. The Bertz CT molecular complexity index is 407. The van der Waals surface area contributed by atoms with Crippen molar-refractivity contribution >= 4 is 5.91 Å². The largest absolute Gasteiger partial charge is 0.383 e. The summed E-state index contributed by atoms with van der Waals surface area (Å²) in [5.74, 6) is -0.843. The van der Waals surface area contributed by atoms with Crippen LogP contribution >= 0.6 is 0 Å². The number of nitrogens with zero attached hydrogens (tertiary/aromatic N) is 2. The van der Waals surface area contributed by atoms with Crippen molar-refractivity contribution in [3.05, 3.63) is 29.8 Å². The Labute approximate surface area is 99.4 Å². The SMILES string of the molecule is COCCN(C(=O)c1ccncc1F)C1CC1. The molecule has 0 atom stereocenters. The van der Waals surface area contributed by atoms with Crippen LogP contribution in [0.25, 0.3) is 0 Å². The topological polar surface area (TPSA) is 42.4 Å². The second-order valence-electron chi connectivity index (χ2n) is 4.08. The molecule has 0 aliphatic heterocycles. The predicted molar refractivity (Wildman–Crippen MR) is 60.1 cm³/mol. The van der Waals surface area contributed by atoms with Gasteiger partial charge in [-0.3, -0.25) is 9.78 Å². The third-order valence-corrected chi connectivity index (χ3v) is 2.79. The molecule has 1 amide bonds. The molecule has 0 aromatic carbocycles. The van der Waals surface area contributed by atoms with Gasteiger partial charge in [-0.25, -0.2) is 4.39 Å². The fourth-order valence-corrected chi connectivity index (χ4v) is 1.73. The predicted octanol–water partition coefficient (Wildman–Crippen LogP) is 1.47. The highest BCUT2D eigenvalue weighted by Crippen LogP contribution is 2.28. The van der Waals surface area contributed by atoms with Crippen molar-refractivity contribution in [1.82, 2.24) is 9.88 Å². The molecule has 0 unspecified atom stereocenters. The van der Waals surface area contributed by atoms with Crippen LogP contribution in [0.5, 0.6) is 0 Å². The molecule has 0 bridgehead atoms. The summed E-state index contributed by atoms with van der Waals surface area (Å²) < 4.78 is 18.4. The van der Waals surface area contributed by atoms with Crippen molar-refractivity contribution in [2.75, 3.05) is 20.3 Å². The number of rotatable bonds is 5. The first-order valence-electron chi connectivity index (χ1n) is 5.63.